The number of para-hydroxylation sites is 4. The fourth-order valence-electron chi connectivity index (χ4n) is 14.6. The van der Waals surface area contributed by atoms with Gasteiger partial charge in [-0.1, -0.05) is 261 Å². The van der Waals surface area contributed by atoms with Gasteiger partial charge in [-0.3, -0.25) is 0 Å². The molecule has 14 heteroatoms. The van der Waals surface area contributed by atoms with Gasteiger partial charge >= 0.3 is 0 Å². The number of rotatable bonds is 12. The third-order valence-corrected chi connectivity index (χ3v) is 19.7. The molecule has 0 fully saturated rings. The first-order valence-electron chi connectivity index (χ1n) is 34.8. The molecular weight excluding hydrogens is 1310 g/mol. The van der Waals surface area contributed by atoms with Gasteiger partial charge in [0.05, 0.1) is 0 Å². The Morgan fingerprint density at radius 2 is 0.453 bits per heavy atom. The SMILES string of the molecule is c1ccc(-c2nc(-c3ccccc3)nc(-c3cccc4oc5c(-c6nc(-c7ccc(-c8ccc(-c9cccc(-c%10nc(-c%11ccccc%11)nc(-c%11cccc%12oc%13c(-c%14nc(-c%15ccccc%15)nc%15c%14oc%14ccccc%14%15)cccc%13c%11%12)n%10)c9)cc8)cc7)nc7c6oc6ccccc67)cccc5c34)n2)cc1. The zero-order valence-electron chi connectivity index (χ0n) is 56.1. The summed E-state index contributed by atoms with van der Waals surface area (Å²) in [7, 11) is 0. The highest BCUT2D eigenvalue weighted by Gasteiger charge is 2.27. The summed E-state index contributed by atoms with van der Waals surface area (Å²) in [5.41, 5.74) is 20.3. The van der Waals surface area contributed by atoms with Crippen LogP contribution in [0.2, 0.25) is 0 Å². The average molecular weight is 1360 g/mol. The minimum Gasteiger partial charge on any atom is -0.455 e. The zero-order chi connectivity index (χ0) is 69.8. The number of fused-ring (bicyclic) bond motifs is 12. The molecule has 0 saturated carbocycles. The highest BCUT2D eigenvalue weighted by Crippen LogP contribution is 2.46. The lowest BCUT2D eigenvalue weighted by molar-refractivity contribution is 0.663. The molecule has 13 aromatic carbocycles. The first kappa shape index (κ1) is 60.0. The topological polar surface area (TPSA) is 181 Å². The number of hydrogen-bond acceptors (Lipinski definition) is 14. The van der Waals surface area contributed by atoms with Gasteiger partial charge < -0.3 is 17.7 Å². The van der Waals surface area contributed by atoms with Crippen molar-refractivity contribution in [3.63, 3.8) is 0 Å². The first-order chi connectivity index (χ1) is 52.5. The molecule has 21 aromatic rings. The Labute approximate surface area is 603 Å². The van der Waals surface area contributed by atoms with Crippen molar-refractivity contribution >= 4 is 88.0 Å². The van der Waals surface area contributed by atoms with Gasteiger partial charge in [0, 0.05) is 88.0 Å². The van der Waals surface area contributed by atoms with Crippen LogP contribution in [0.25, 0.3) is 224 Å². The van der Waals surface area contributed by atoms with E-state index in [9.17, 15) is 0 Å². The van der Waals surface area contributed by atoms with Crippen LogP contribution >= 0.6 is 0 Å². The quantitative estimate of drug-likeness (QED) is 0.113. The molecule has 0 saturated heterocycles. The molecular formula is C92H52N10O4. The van der Waals surface area contributed by atoms with Crippen LogP contribution in [0, 0.1) is 0 Å². The molecule has 0 aliphatic carbocycles. The van der Waals surface area contributed by atoms with Crippen molar-refractivity contribution < 1.29 is 17.7 Å². The van der Waals surface area contributed by atoms with E-state index in [0.29, 0.717) is 103 Å². The maximum atomic E-state index is 6.93. The van der Waals surface area contributed by atoms with Crippen molar-refractivity contribution in [2.75, 3.05) is 0 Å². The summed E-state index contributed by atoms with van der Waals surface area (Å²) in [5, 5.41) is 5.28. The van der Waals surface area contributed by atoms with Crippen LogP contribution in [0.4, 0.5) is 0 Å². The summed E-state index contributed by atoms with van der Waals surface area (Å²) in [4.78, 5) is 51.9. The number of nitrogens with zero attached hydrogens (tertiary/aromatic N) is 10. The Bertz CT molecular complexity index is 7000. The molecule has 0 radical (unpaired) electrons. The molecule has 0 aliphatic heterocycles. The molecule has 14 nitrogen and oxygen atoms in total. The Balaban J connectivity index is 0.612. The van der Waals surface area contributed by atoms with Crippen LogP contribution in [-0.4, -0.2) is 49.8 Å². The molecule has 0 spiro atoms. The van der Waals surface area contributed by atoms with Crippen molar-refractivity contribution in [1.82, 2.24) is 49.8 Å². The number of aromatic nitrogens is 10. The summed E-state index contributed by atoms with van der Waals surface area (Å²) in [6, 6.07) is 106. The Morgan fingerprint density at radius 3 is 0.887 bits per heavy atom. The minimum atomic E-state index is 0.503. The van der Waals surface area contributed by atoms with Crippen molar-refractivity contribution in [1.29, 1.82) is 0 Å². The van der Waals surface area contributed by atoms with E-state index in [2.05, 4.69) is 91.0 Å². The summed E-state index contributed by atoms with van der Waals surface area (Å²) < 4.78 is 27.2. The average Bonchev–Trinajstić information content (AvgIpc) is 1.57. The predicted molar refractivity (Wildman–Crippen MR) is 419 cm³/mol. The summed E-state index contributed by atoms with van der Waals surface area (Å²) >= 11 is 0. The third-order valence-electron chi connectivity index (χ3n) is 19.7. The van der Waals surface area contributed by atoms with Gasteiger partial charge in [0.1, 0.15) is 55.9 Å². The van der Waals surface area contributed by atoms with Crippen LogP contribution in [-0.2, 0) is 0 Å². The van der Waals surface area contributed by atoms with Crippen LogP contribution in [0.3, 0.4) is 0 Å². The van der Waals surface area contributed by atoms with Gasteiger partial charge in [0.15, 0.2) is 57.8 Å². The lowest BCUT2D eigenvalue weighted by atomic mass is 9.98. The van der Waals surface area contributed by atoms with Crippen LogP contribution < -0.4 is 0 Å². The molecule has 0 N–H and O–H groups in total. The van der Waals surface area contributed by atoms with E-state index in [1.807, 2.05) is 224 Å². The van der Waals surface area contributed by atoms with Gasteiger partial charge in [-0.05, 0) is 76.9 Å². The van der Waals surface area contributed by atoms with E-state index in [-0.39, 0.29) is 0 Å². The van der Waals surface area contributed by atoms with E-state index in [1.54, 1.807) is 0 Å². The van der Waals surface area contributed by atoms with Crippen LogP contribution in [0.15, 0.2) is 333 Å². The van der Waals surface area contributed by atoms with Gasteiger partial charge in [-0.15, -0.1) is 0 Å². The fraction of sp³-hybridized carbons (Fsp3) is 0. The van der Waals surface area contributed by atoms with E-state index in [1.165, 1.54) is 0 Å². The second kappa shape index (κ2) is 24.5. The van der Waals surface area contributed by atoms with Gasteiger partial charge in [-0.2, -0.15) is 0 Å². The van der Waals surface area contributed by atoms with Crippen molar-refractivity contribution in [3.05, 3.63) is 315 Å². The number of benzene rings is 13. The van der Waals surface area contributed by atoms with E-state index >= 15 is 0 Å². The van der Waals surface area contributed by atoms with Crippen LogP contribution in [0.5, 0.6) is 0 Å². The first-order valence-corrected chi connectivity index (χ1v) is 34.8. The highest BCUT2D eigenvalue weighted by atomic mass is 16.3. The van der Waals surface area contributed by atoms with E-state index in [4.69, 9.17) is 67.5 Å². The Hall–Kier alpha value is -14.8. The zero-order valence-corrected chi connectivity index (χ0v) is 56.1. The van der Waals surface area contributed by atoms with E-state index < -0.39 is 0 Å². The molecule has 21 rings (SSSR count). The van der Waals surface area contributed by atoms with Gasteiger partial charge in [-0.25, -0.2) is 49.8 Å². The maximum absolute atomic E-state index is 6.93. The second-order valence-corrected chi connectivity index (χ2v) is 26.1. The molecule has 0 unspecified atom stereocenters. The smallest absolute Gasteiger partial charge is 0.180 e. The lowest BCUT2D eigenvalue weighted by Crippen LogP contribution is -2.00. The molecule has 8 aromatic heterocycles. The van der Waals surface area contributed by atoms with Crippen molar-refractivity contribution in [3.8, 4) is 136 Å². The molecule has 494 valence electrons. The van der Waals surface area contributed by atoms with E-state index in [0.717, 1.165) is 121 Å². The molecule has 0 atom stereocenters. The normalized spacial score (nSPS) is 11.8. The Morgan fingerprint density at radius 1 is 0.170 bits per heavy atom. The molecule has 0 aliphatic rings. The lowest BCUT2D eigenvalue weighted by Gasteiger charge is -2.11. The third kappa shape index (κ3) is 10.2. The number of furan rings is 4. The highest BCUT2D eigenvalue weighted by molar-refractivity contribution is 6.19. The fourth-order valence-corrected chi connectivity index (χ4v) is 14.6. The predicted octanol–water partition coefficient (Wildman–Crippen LogP) is 23.2. The Kier molecular flexibility index (Phi) is 13.9. The largest absolute Gasteiger partial charge is 0.455 e. The van der Waals surface area contributed by atoms with Crippen molar-refractivity contribution in [2.45, 2.75) is 0 Å². The van der Waals surface area contributed by atoms with Gasteiger partial charge in [0.25, 0.3) is 0 Å². The number of hydrogen-bond donors (Lipinski definition) is 0. The van der Waals surface area contributed by atoms with Crippen LogP contribution in [0.1, 0.15) is 0 Å². The summed E-state index contributed by atoms with van der Waals surface area (Å²) in [6.45, 7) is 0. The summed E-state index contributed by atoms with van der Waals surface area (Å²) in [6.07, 6.45) is 0. The molecule has 0 bridgehead atoms. The summed E-state index contributed by atoms with van der Waals surface area (Å²) in [5.74, 6) is 4.38. The minimum absolute atomic E-state index is 0.503. The molecule has 106 heavy (non-hydrogen) atoms. The van der Waals surface area contributed by atoms with Crippen molar-refractivity contribution in [2.24, 2.45) is 0 Å². The molecule has 0 amide bonds. The standard InChI is InChI=1S/C92H52N10O4/c1-5-22-56(23-6-1)85-93-77-63-32-13-15-40-71(63)103-83(77)79(95-85)69-38-18-35-66-76-68(37-21-43-74(76)106-81(66)69)92-101-89(59-28-11-4-12-29-59)98-90(102-92)62-31-17-30-61(52-62)55-46-44-53(45-47-55)54-48-50-60(51-49-54)86-94-78-64-33-14-16-41-72(64)104-84(78)80(96-86)70-39-19-34-65-75-67(36-20-42-73(75)105-82(65)70)91-99-87(57-24-7-2-8-25-57)97-88(100-91)58-26-9-3-10-27-58/h1-52H. The maximum Gasteiger partial charge on any atom is 0.180 e. The monoisotopic (exact) mass is 1360 g/mol. The second-order valence-electron chi connectivity index (χ2n) is 26.1. The van der Waals surface area contributed by atoms with Gasteiger partial charge in [0.2, 0.25) is 0 Å². The molecule has 8 heterocycles.